The van der Waals surface area contributed by atoms with Crippen molar-refractivity contribution in [1.82, 2.24) is 0 Å². The van der Waals surface area contributed by atoms with E-state index < -0.39 is 18.1 Å². The first kappa shape index (κ1) is 21.5. The topological polar surface area (TPSA) is 0 Å². The Morgan fingerprint density at radius 3 is 1.72 bits per heavy atom. The van der Waals surface area contributed by atoms with Crippen LogP contribution in [0.5, 0.6) is 0 Å². The summed E-state index contributed by atoms with van der Waals surface area (Å²) < 4.78 is 52.7. The lowest BCUT2D eigenvalue weighted by Gasteiger charge is -2.13. The van der Waals surface area contributed by atoms with Gasteiger partial charge >= 0.3 is 7.25 Å². The Morgan fingerprint density at radius 2 is 1.28 bits per heavy atom. The van der Waals surface area contributed by atoms with E-state index in [1.807, 2.05) is 0 Å². The average Bonchev–Trinajstić information content (AvgIpc) is 2.51. The van der Waals surface area contributed by atoms with Gasteiger partial charge in [0.25, 0.3) is 6.01 Å². The van der Waals surface area contributed by atoms with Crippen molar-refractivity contribution in [3.63, 3.8) is 0 Å². The first-order valence-electron chi connectivity index (χ1n) is 7.74. The fraction of sp³-hybridized carbons (Fsp3) is 0.333. The SMILES string of the molecule is Cc1ccc([S+](CF)c2cc(C)c(C)c(C)c2C)cc1.F[B-](F)(F)F. The molecule has 1 unspecified atom stereocenters. The molecule has 1 atom stereocenters. The molecule has 0 aliphatic carbocycles. The normalized spacial score (nSPS) is 12.4. The van der Waals surface area contributed by atoms with Crippen LogP contribution in [0.25, 0.3) is 0 Å². The molecule has 0 spiro atoms. The third kappa shape index (κ3) is 6.38. The van der Waals surface area contributed by atoms with Crippen molar-refractivity contribution in [3.8, 4) is 0 Å². The third-order valence-electron chi connectivity index (χ3n) is 4.11. The number of hydrogen-bond acceptors (Lipinski definition) is 0. The molecule has 7 heteroatoms. The summed E-state index contributed by atoms with van der Waals surface area (Å²) in [5, 5.41) is 0. The minimum atomic E-state index is -6.00. The van der Waals surface area contributed by atoms with Gasteiger partial charge in [-0.3, -0.25) is 0 Å². The summed E-state index contributed by atoms with van der Waals surface area (Å²) in [5.41, 5.74) is 6.30. The maximum Gasteiger partial charge on any atom is 0.673 e. The number of aryl methyl sites for hydroxylation is 2. The van der Waals surface area contributed by atoms with Crippen LogP contribution in [0, 0.1) is 34.6 Å². The number of halogens is 5. The largest absolute Gasteiger partial charge is 0.673 e. The summed E-state index contributed by atoms with van der Waals surface area (Å²) >= 11 is 0. The molecule has 0 aromatic heterocycles. The molecule has 0 aliphatic rings. The highest BCUT2D eigenvalue weighted by atomic mass is 32.2. The predicted octanol–water partition coefficient (Wildman–Crippen LogP) is 6.49. The molecule has 2 rings (SSSR count). The van der Waals surface area contributed by atoms with E-state index in [4.69, 9.17) is 0 Å². The summed E-state index contributed by atoms with van der Waals surface area (Å²) in [6, 6.07) is 10.1. The van der Waals surface area contributed by atoms with Gasteiger partial charge in [-0.05, 0) is 69.5 Å². The fourth-order valence-electron chi connectivity index (χ4n) is 2.38. The van der Waals surface area contributed by atoms with Gasteiger partial charge in [-0.1, -0.05) is 17.7 Å². The first-order chi connectivity index (χ1) is 11.5. The van der Waals surface area contributed by atoms with Gasteiger partial charge < -0.3 is 17.3 Å². The molecule has 0 N–H and O–H groups in total. The Hall–Kier alpha value is -1.50. The van der Waals surface area contributed by atoms with Crippen molar-refractivity contribution < 1.29 is 21.7 Å². The van der Waals surface area contributed by atoms with Crippen molar-refractivity contribution in [1.29, 1.82) is 0 Å². The van der Waals surface area contributed by atoms with Gasteiger partial charge in [0.15, 0.2) is 9.79 Å². The standard InChI is InChI=1S/C18H22FS.BF4/c1-12-6-8-17(9-7-12)20(11-19)18-10-13(2)14(3)15(4)16(18)5;2-1(3,4)5/h6-10H,11H2,1-5H3;/q+1;-1. The third-order valence-corrected chi connectivity index (χ3v) is 6.13. The Labute approximate surface area is 148 Å². The number of benzene rings is 2. The van der Waals surface area contributed by atoms with E-state index in [0.29, 0.717) is 0 Å². The second kappa shape index (κ2) is 8.74. The van der Waals surface area contributed by atoms with Gasteiger partial charge in [0, 0.05) is 5.56 Å². The quantitative estimate of drug-likeness (QED) is 0.326. The smallest absolute Gasteiger partial charge is 0.418 e. The molecule has 0 nitrogen and oxygen atoms in total. The lowest BCUT2D eigenvalue weighted by atomic mass is 10.00. The molecular weight excluding hydrogens is 354 g/mol. The molecule has 0 bridgehead atoms. The van der Waals surface area contributed by atoms with Gasteiger partial charge in [0.1, 0.15) is 0 Å². The van der Waals surface area contributed by atoms with Gasteiger partial charge in [-0.2, -0.15) is 4.39 Å². The van der Waals surface area contributed by atoms with Crippen LogP contribution in [-0.2, 0) is 10.9 Å². The van der Waals surface area contributed by atoms with Crippen LogP contribution >= 0.6 is 0 Å². The predicted molar refractivity (Wildman–Crippen MR) is 96.6 cm³/mol. The molecule has 0 amide bonds. The molecule has 0 heterocycles. The second-order valence-corrected chi connectivity index (χ2v) is 7.79. The van der Waals surface area contributed by atoms with Crippen molar-refractivity contribution >= 4 is 18.1 Å². The first-order valence-corrected chi connectivity index (χ1v) is 9.13. The number of alkyl halides is 1. The van der Waals surface area contributed by atoms with Crippen LogP contribution in [0.15, 0.2) is 40.1 Å². The van der Waals surface area contributed by atoms with Crippen LogP contribution in [0.3, 0.4) is 0 Å². The maximum absolute atomic E-state index is 13.7. The highest BCUT2D eigenvalue weighted by Gasteiger charge is 2.28. The Bertz CT molecular complexity index is 705. The lowest BCUT2D eigenvalue weighted by Crippen LogP contribution is -2.10. The van der Waals surface area contributed by atoms with Crippen molar-refractivity contribution in [2.24, 2.45) is 0 Å². The van der Waals surface area contributed by atoms with Crippen molar-refractivity contribution in [2.75, 3.05) is 6.01 Å². The van der Waals surface area contributed by atoms with Crippen molar-refractivity contribution in [2.45, 2.75) is 44.4 Å². The molecule has 0 fully saturated rings. The highest BCUT2D eigenvalue weighted by Crippen LogP contribution is 2.31. The monoisotopic (exact) mass is 376 g/mol. The van der Waals surface area contributed by atoms with Crippen LogP contribution in [0.4, 0.5) is 21.7 Å². The van der Waals surface area contributed by atoms with Gasteiger partial charge in [0.2, 0.25) is 0 Å². The van der Waals surface area contributed by atoms with Crippen LogP contribution in [0.2, 0.25) is 0 Å². The number of rotatable bonds is 3. The minimum Gasteiger partial charge on any atom is -0.418 e. The zero-order valence-electron chi connectivity index (χ0n) is 15.0. The summed E-state index contributed by atoms with van der Waals surface area (Å²) in [6.45, 7) is 10.6. The zero-order valence-corrected chi connectivity index (χ0v) is 15.8. The molecule has 25 heavy (non-hydrogen) atoms. The molecule has 0 radical (unpaired) electrons. The Balaban J connectivity index is 0.000000550. The van der Waals surface area contributed by atoms with E-state index >= 15 is 0 Å². The summed E-state index contributed by atoms with van der Waals surface area (Å²) in [5.74, 6) is 0. The molecule has 138 valence electrons. The zero-order chi connectivity index (χ0) is 19.4. The minimum absolute atomic E-state index is 0.328. The molecular formula is C18H22BF5S. The van der Waals surface area contributed by atoms with E-state index in [9.17, 15) is 21.7 Å². The molecule has 0 saturated carbocycles. The van der Waals surface area contributed by atoms with Crippen LogP contribution in [-0.4, -0.2) is 13.3 Å². The highest BCUT2D eigenvalue weighted by molar-refractivity contribution is 7.96. The van der Waals surface area contributed by atoms with Gasteiger partial charge in [0.05, 0.1) is 10.9 Å². The van der Waals surface area contributed by atoms with E-state index in [1.54, 1.807) is 0 Å². The van der Waals surface area contributed by atoms with Crippen molar-refractivity contribution in [3.05, 3.63) is 58.1 Å². The second-order valence-electron chi connectivity index (χ2n) is 5.87. The van der Waals surface area contributed by atoms with E-state index in [0.717, 1.165) is 9.79 Å². The van der Waals surface area contributed by atoms with Gasteiger partial charge in [-0.25, -0.2) is 0 Å². The number of hydrogen-bond donors (Lipinski definition) is 0. The van der Waals surface area contributed by atoms with E-state index in [2.05, 4.69) is 65.0 Å². The maximum atomic E-state index is 13.7. The average molecular weight is 376 g/mol. The molecule has 2 aromatic carbocycles. The lowest BCUT2D eigenvalue weighted by molar-refractivity contribution is 0.368. The summed E-state index contributed by atoms with van der Waals surface area (Å²) in [6.07, 6.45) is 0. The van der Waals surface area contributed by atoms with E-state index in [1.165, 1.54) is 27.8 Å². The van der Waals surface area contributed by atoms with Gasteiger partial charge in [-0.15, -0.1) is 0 Å². The summed E-state index contributed by atoms with van der Waals surface area (Å²) in [4.78, 5) is 2.24. The van der Waals surface area contributed by atoms with Crippen LogP contribution in [0.1, 0.15) is 27.8 Å². The molecule has 2 aromatic rings. The molecule has 0 aliphatic heterocycles. The Morgan fingerprint density at radius 1 is 0.800 bits per heavy atom. The fourth-order valence-corrected chi connectivity index (χ4v) is 4.19. The molecule has 0 saturated heterocycles. The summed E-state index contributed by atoms with van der Waals surface area (Å²) in [7, 11) is -6.47. The van der Waals surface area contributed by atoms with Crippen LogP contribution < -0.4 is 0 Å². The Kier molecular flexibility index (Phi) is 7.53. The van der Waals surface area contributed by atoms with E-state index in [-0.39, 0.29) is 6.01 Å².